The van der Waals surface area contributed by atoms with Gasteiger partial charge in [-0.05, 0) is 12.1 Å². The molecule has 0 aromatic heterocycles. The molecule has 16 heavy (non-hydrogen) atoms. The molecule has 9 heteroatoms. The molecule has 0 spiro atoms. The Morgan fingerprint density at radius 3 is 2.81 bits per heavy atom. The fourth-order valence-electron chi connectivity index (χ4n) is 1.10. The van der Waals surface area contributed by atoms with Crippen molar-refractivity contribution < 1.29 is 26.1 Å². The summed E-state index contributed by atoms with van der Waals surface area (Å²) in [6.45, 7) is 0. The van der Waals surface area contributed by atoms with Crippen molar-refractivity contribution in [1.82, 2.24) is 5.59 Å². The number of hydrogen-bond donors (Lipinski definition) is 1. The Kier molecular flexibility index (Phi) is 2.68. The molecule has 1 aliphatic rings. The zero-order valence-corrected chi connectivity index (χ0v) is 8.82. The summed E-state index contributed by atoms with van der Waals surface area (Å²) in [4.78, 5) is 0. The predicted molar refractivity (Wildman–Crippen MR) is 49.7 cm³/mol. The summed E-state index contributed by atoms with van der Waals surface area (Å²) in [6.07, 6.45) is 0. The Morgan fingerprint density at radius 2 is 2.25 bits per heavy atom. The van der Waals surface area contributed by atoms with Crippen LogP contribution in [0.5, 0.6) is 5.75 Å². The Morgan fingerprint density at radius 1 is 1.50 bits per heavy atom. The van der Waals surface area contributed by atoms with Crippen LogP contribution in [-0.4, -0.2) is 15.5 Å². The van der Waals surface area contributed by atoms with Crippen LogP contribution in [0.15, 0.2) is 18.2 Å². The van der Waals surface area contributed by atoms with E-state index in [4.69, 9.17) is 4.74 Å². The van der Waals surface area contributed by atoms with Crippen molar-refractivity contribution in [3.05, 3.63) is 24.0 Å². The largest absolute Gasteiger partial charge is 0.494 e. The minimum Gasteiger partial charge on any atom is -0.494 e. The van der Waals surface area contributed by atoms with Crippen LogP contribution >= 0.6 is 0 Å². The fourth-order valence-corrected chi connectivity index (χ4v) is 1.59. The van der Waals surface area contributed by atoms with Gasteiger partial charge in [0.2, 0.25) is 0 Å². The van der Waals surface area contributed by atoms with E-state index in [2.05, 4.69) is 8.57 Å². The SMILES string of the molecule is COc1cccc(N2NOS(=O)(=O)O2)c1F. The van der Waals surface area contributed by atoms with Crippen LogP contribution in [0.1, 0.15) is 0 Å². The Bertz CT molecular complexity index is 505. The molecule has 1 aromatic carbocycles. The third-order valence-corrected chi connectivity index (χ3v) is 2.38. The quantitative estimate of drug-likeness (QED) is 0.807. The van der Waals surface area contributed by atoms with Gasteiger partial charge in [-0.15, -0.1) is 13.7 Å². The lowest BCUT2D eigenvalue weighted by molar-refractivity contribution is 0.195. The molecule has 1 aromatic rings. The van der Waals surface area contributed by atoms with Crippen LogP contribution in [0.2, 0.25) is 0 Å². The first kappa shape index (κ1) is 11.1. The van der Waals surface area contributed by atoms with Crippen molar-refractivity contribution in [3.63, 3.8) is 0 Å². The van der Waals surface area contributed by atoms with Crippen molar-refractivity contribution in [2.75, 3.05) is 12.3 Å². The molecule has 1 fully saturated rings. The zero-order chi connectivity index (χ0) is 11.8. The summed E-state index contributed by atoms with van der Waals surface area (Å²) in [5.41, 5.74) is 1.70. The topological polar surface area (TPSA) is 77.1 Å². The maximum absolute atomic E-state index is 13.6. The maximum Gasteiger partial charge on any atom is 0.440 e. The molecule has 0 radical (unpaired) electrons. The van der Waals surface area contributed by atoms with Gasteiger partial charge in [0, 0.05) is 0 Å². The van der Waals surface area contributed by atoms with Crippen LogP contribution in [0, 0.1) is 5.82 Å². The van der Waals surface area contributed by atoms with Crippen LogP contribution in [0.25, 0.3) is 0 Å². The zero-order valence-electron chi connectivity index (χ0n) is 8.01. The Labute approximate surface area is 90.5 Å². The highest BCUT2D eigenvalue weighted by Gasteiger charge is 2.31. The highest BCUT2D eigenvalue weighted by molar-refractivity contribution is 7.82. The van der Waals surface area contributed by atoms with Gasteiger partial charge in [0.05, 0.1) is 7.11 Å². The molecule has 0 unspecified atom stereocenters. The first-order valence-electron chi connectivity index (χ1n) is 4.05. The molecular formula is C7H7FN2O5S. The highest BCUT2D eigenvalue weighted by Crippen LogP contribution is 2.28. The number of methoxy groups -OCH3 is 1. The van der Waals surface area contributed by atoms with Gasteiger partial charge < -0.3 is 4.74 Å². The third kappa shape index (κ3) is 1.93. The lowest BCUT2D eigenvalue weighted by Gasteiger charge is -2.13. The first-order valence-corrected chi connectivity index (χ1v) is 5.38. The van der Waals surface area contributed by atoms with Gasteiger partial charge in [0.1, 0.15) is 5.69 Å². The number of rotatable bonds is 2. The number of anilines is 1. The number of ether oxygens (including phenoxy) is 1. The molecule has 0 atom stereocenters. The van der Waals surface area contributed by atoms with Gasteiger partial charge in [-0.1, -0.05) is 11.7 Å². The van der Waals surface area contributed by atoms with Gasteiger partial charge in [-0.2, -0.15) is 8.42 Å². The monoisotopic (exact) mass is 250 g/mol. The number of nitrogens with zero attached hydrogens (tertiary/aromatic N) is 1. The number of nitrogens with one attached hydrogen (secondary N) is 1. The van der Waals surface area contributed by atoms with Gasteiger partial charge >= 0.3 is 10.4 Å². The number of hydrazine groups is 1. The minimum absolute atomic E-state index is 0.0489. The van der Waals surface area contributed by atoms with E-state index in [1.165, 1.54) is 25.3 Å². The van der Waals surface area contributed by atoms with E-state index in [1.54, 1.807) is 0 Å². The van der Waals surface area contributed by atoms with Crippen molar-refractivity contribution in [1.29, 1.82) is 0 Å². The van der Waals surface area contributed by atoms with Crippen molar-refractivity contribution in [3.8, 4) is 5.75 Å². The average Bonchev–Trinajstić information content (AvgIpc) is 2.59. The number of benzene rings is 1. The van der Waals surface area contributed by atoms with Crippen LogP contribution in [0.3, 0.4) is 0 Å². The van der Waals surface area contributed by atoms with Crippen molar-refractivity contribution >= 4 is 16.1 Å². The van der Waals surface area contributed by atoms with Crippen molar-refractivity contribution in [2.24, 2.45) is 0 Å². The molecule has 7 nitrogen and oxygen atoms in total. The maximum atomic E-state index is 13.6. The van der Waals surface area contributed by atoms with Gasteiger partial charge in [-0.3, -0.25) is 0 Å². The summed E-state index contributed by atoms with van der Waals surface area (Å²) >= 11 is 0. The summed E-state index contributed by atoms with van der Waals surface area (Å²) in [6, 6.07) is 4.13. The molecule has 1 saturated heterocycles. The van der Waals surface area contributed by atoms with Gasteiger partial charge in [0.25, 0.3) is 0 Å². The second kappa shape index (κ2) is 3.87. The van der Waals surface area contributed by atoms with Gasteiger partial charge in [0.15, 0.2) is 11.6 Å². The minimum atomic E-state index is -4.17. The summed E-state index contributed by atoms with van der Waals surface area (Å²) in [5.74, 6) is -0.828. The predicted octanol–water partition coefficient (Wildman–Crippen LogP) is 0.267. The number of hydrogen-bond acceptors (Lipinski definition) is 7. The highest BCUT2D eigenvalue weighted by atomic mass is 32.3. The molecule has 1 N–H and O–H groups in total. The average molecular weight is 250 g/mol. The molecule has 1 heterocycles. The molecule has 88 valence electrons. The van der Waals surface area contributed by atoms with E-state index in [9.17, 15) is 12.8 Å². The molecule has 0 saturated carbocycles. The number of halogens is 1. The van der Waals surface area contributed by atoms with E-state index >= 15 is 0 Å². The van der Waals surface area contributed by atoms with E-state index in [1.807, 2.05) is 5.59 Å². The Balaban J connectivity index is 2.35. The molecule has 1 aliphatic heterocycles. The van der Waals surface area contributed by atoms with E-state index in [0.29, 0.717) is 5.17 Å². The van der Waals surface area contributed by atoms with Crippen LogP contribution < -0.4 is 15.5 Å². The third-order valence-electron chi connectivity index (χ3n) is 1.77. The molecule has 0 amide bonds. The molecule has 0 aliphatic carbocycles. The molecule has 0 bridgehead atoms. The van der Waals surface area contributed by atoms with Gasteiger partial charge in [-0.25, -0.2) is 4.39 Å². The summed E-state index contributed by atoms with van der Waals surface area (Å²) in [7, 11) is -2.89. The lowest BCUT2D eigenvalue weighted by Crippen LogP contribution is -2.29. The lowest BCUT2D eigenvalue weighted by atomic mass is 10.3. The van der Waals surface area contributed by atoms with E-state index in [-0.39, 0.29) is 11.4 Å². The van der Waals surface area contributed by atoms with E-state index in [0.717, 1.165) is 0 Å². The summed E-state index contributed by atoms with van der Waals surface area (Å²) < 4.78 is 48.3. The summed E-state index contributed by atoms with van der Waals surface area (Å²) in [5, 5.41) is 0.535. The normalized spacial score (nSPS) is 18.8. The second-order valence-corrected chi connectivity index (χ2v) is 3.88. The molecule has 2 rings (SSSR count). The van der Waals surface area contributed by atoms with Crippen molar-refractivity contribution in [2.45, 2.75) is 0 Å². The molecular weight excluding hydrogens is 243 g/mol. The standard InChI is InChI=1S/C7H7FN2O5S/c1-13-6-4-2-3-5(7(6)8)10-9-14-16(11,12)15-10/h2-4,9H,1H3. The van der Waals surface area contributed by atoms with Crippen LogP contribution in [-0.2, 0) is 19.0 Å². The van der Waals surface area contributed by atoms with Crippen LogP contribution in [0.4, 0.5) is 10.1 Å². The smallest absolute Gasteiger partial charge is 0.440 e. The first-order chi connectivity index (χ1) is 7.53. The fraction of sp³-hybridized carbons (Fsp3) is 0.143. The van der Waals surface area contributed by atoms with E-state index < -0.39 is 16.2 Å². The second-order valence-electron chi connectivity index (χ2n) is 2.75. The Hall–Kier alpha value is -1.42.